The van der Waals surface area contributed by atoms with Crippen molar-refractivity contribution in [3.05, 3.63) is 45.6 Å². The van der Waals surface area contributed by atoms with Crippen LogP contribution in [0.25, 0.3) is 0 Å². The van der Waals surface area contributed by atoms with Crippen molar-refractivity contribution in [1.29, 1.82) is 0 Å². The molecule has 2 N–H and O–H groups in total. The van der Waals surface area contributed by atoms with Gasteiger partial charge in [-0.1, -0.05) is 13.8 Å². The molecule has 3 fully saturated rings. The lowest BCUT2D eigenvalue weighted by atomic mass is 9.74. The standard InChI is InChI=1S/C29H35N5O10S/c1-5-31(6-2)15-27(45-18-9-7-17(8-10-18)34(39)40)25(37)22-21(24(36)29(27)43-11-12-44-29)19(14-42-26(30)38)28(41-4)23-20(13-32(22)28)33(23)16(3)35/h7-10,19-20,23H,5-6,11-15H2,1-4H3,(H2,30,38)/t19-,20+,23+,27?,28-,33?/m1/s1. The number of rotatable bonds is 10. The van der Waals surface area contributed by atoms with Gasteiger partial charge in [0.15, 0.2) is 10.5 Å². The Hall–Kier alpha value is -3.57. The summed E-state index contributed by atoms with van der Waals surface area (Å²) in [6, 6.07) is 4.93. The van der Waals surface area contributed by atoms with Gasteiger partial charge in [-0.3, -0.25) is 24.5 Å². The van der Waals surface area contributed by atoms with E-state index in [0.29, 0.717) is 18.0 Å². The Morgan fingerprint density at radius 3 is 2.33 bits per heavy atom. The lowest BCUT2D eigenvalue weighted by Crippen LogP contribution is -2.70. The summed E-state index contributed by atoms with van der Waals surface area (Å²) in [5.74, 6) is -4.33. The quantitative estimate of drug-likeness (QED) is 0.215. The Labute approximate surface area is 263 Å². The minimum atomic E-state index is -2.08. The van der Waals surface area contributed by atoms with E-state index in [1.807, 2.05) is 18.7 Å². The highest BCUT2D eigenvalue weighted by atomic mass is 32.2. The molecule has 15 nitrogen and oxygen atoms in total. The number of methoxy groups -OCH3 is 1. The van der Waals surface area contributed by atoms with E-state index >= 15 is 9.59 Å². The molecule has 45 heavy (non-hydrogen) atoms. The van der Waals surface area contributed by atoms with Crippen LogP contribution in [-0.2, 0) is 33.3 Å². The predicted octanol–water partition coefficient (Wildman–Crippen LogP) is 0.899. The van der Waals surface area contributed by atoms with Crippen LogP contribution in [-0.4, -0.2) is 125 Å². The number of piperazine rings is 1. The molecule has 16 heteroatoms. The van der Waals surface area contributed by atoms with Gasteiger partial charge in [-0.2, -0.15) is 0 Å². The number of nitro benzene ring substituents is 1. The number of ether oxygens (including phenoxy) is 4. The smallest absolute Gasteiger partial charge is 0.404 e. The molecule has 0 aromatic heterocycles. The first kappa shape index (κ1) is 31.4. The van der Waals surface area contributed by atoms with Gasteiger partial charge in [-0.05, 0) is 25.2 Å². The fourth-order valence-corrected chi connectivity index (χ4v) is 9.15. The maximum atomic E-state index is 15.4. The van der Waals surface area contributed by atoms with Gasteiger partial charge in [0.25, 0.3) is 11.5 Å². The van der Waals surface area contributed by atoms with Crippen molar-refractivity contribution in [2.75, 3.05) is 53.1 Å². The summed E-state index contributed by atoms with van der Waals surface area (Å²) in [4.78, 5) is 71.5. The van der Waals surface area contributed by atoms with E-state index in [-0.39, 0.29) is 61.8 Å². The van der Waals surface area contributed by atoms with E-state index in [0.717, 1.165) is 11.8 Å². The maximum Gasteiger partial charge on any atom is 0.404 e. The van der Waals surface area contributed by atoms with E-state index in [9.17, 15) is 19.7 Å². The summed E-state index contributed by atoms with van der Waals surface area (Å²) >= 11 is 1.07. The van der Waals surface area contributed by atoms with Crippen LogP contribution in [0.5, 0.6) is 0 Å². The van der Waals surface area contributed by atoms with Gasteiger partial charge in [0.2, 0.25) is 17.5 Å². The molecule has 6 rings (SSSR count). The molecule has 4 heterocycles. The van der Waals surface area contributed by atoms with Gasteiger partial charge in [-0.25, -0.2) is 4.79 Å². The lowest BCUT2D eigenvalue weighted by Gasteiger charge is -2.49. The third kappa shape index (κ3) is 4.26. The highest BCUT2D eigenvalue weighted by Crippen LogP contribution is 2.63. The molecule has 0 bridgehead atoms. The number of ketones is 2. The third-order valence-electron chi connectivity index (χ3n) is 9.63. The van der Waals surface area contributed by atoms with Crippen molar-refractivity contribution in [2.24, 2.45) is 11.7 Å². The van der Waals surface area contributed by atoms with Gasteiger partial charge in [-0.15, -0.1) is 11.8 Å². The molecule has 1 unspecified atom stereocenters. The summed E-state index contributed by atoms with van der Waals surface area (Å²) < 4.78 is 22.2. The highest BCUT2D eigenvalue weighted by Gasteiger charge is 2.81. The molecule has 5 atom stereocenters. The minimum absolute atomic E-state index is 0.0346. The molecule has 0 saturated carbocycles. The number of Topliss-reactive ketones (excluding diaryl/α,β-unsaturated/α-hetero) is 2. The number of primary amides is 1. The zero-order valence-electron chi connectivity index (χ0n) is 25.3. The number of fused-ring (bicyclic) bond motifs is 4. The fraction of sp³-hybridized carbons (Fsp3) is 0.586. The number of carbonyl (C=O) groups excluding carboxylic acids is 4. The van der Waals surface area contributed by atoms with Gasteiger partial charge in [0.1, 0.15) is 12.6 Å². The van der Waals surface area contributed by atoms with Gasteiger partial charge >= 0.3 is 6.09 Å². The first-order chi connectivity index (χ1) is 21.4. The van der Waals surface area contributed by atoms with E-state index in [1.165, 1.54) is 38.3 Å². The van der Waals surface area contributed by atoms with Crippen LogP contribution < -0.4 is 5.73 Å². The monoisotopic (exact) mass is 645 g/mol. The molecular weight excluding hydrogens is 610 g/mol. The Balaban J connectivity index is 1.55. The highest BCUT2D eigenvalue weighted by molar-refractivity contribution is 8.01. The van der Waals surface area contributed by atoms with E-state index < -0.39 is 50.8 Å². The van der Waals surface area contributed by atoms with Gasteiger partial charge in [0, 0.05) is 49.7 Å². The average molecular weight is 646 g/mol. The summed E-state index contributed by atoms with van der Waals surface area (Å²) in [5.41, 5.74) is 3.97. The maximum absolute atomic E-state index is 15.4. The molecule has 1 spiro atoms. The van der Waals surface area contributed by atoms with Crippen molar-refractivity contribution in [3.63, 3.8) is 0 Å². The number of nitro groups is 1. The van der Waals surface area contributed by atoms with E-state index in [1.54, 1.807) is 9.80 Å². The Morgan fingerprint density at radius 2 is 1.80 bits per heavy atom. The van der Waals surface area contributed by atoms with Crippen LogP contribution in [0.2, 0.25) is 0 Å². The summed E-state index contributed by atoms with van der Waals surface area (Å²) in [7, 11) is 1.43. The lowest BCUT2D eigenvalue weighted by molar-refractivity contribution is -0.384. The minimum Gasteiger partial charge on any atom is -0.449 e. The molecule has 242 valence electrons. The van der Waals surface area contributed by atoms with Crippen LogP contribution >= 0.6 is 11.8 Å². The number of non-ortho nitro benzene ring substituents is 1. The summed E-state index contributed by atoms with van der Waals surface area (Å²) in [5, 5.41) is 11.4. The van der Waals surface area contributed by atoms with Crippen LogP contribution in [0, 0.1) is 16.0 Å². The molecule has 1 aromatic carbocycles. The van der Waals surface area contributed by atoms with E-state index in [4.69, 9.17) is 24.7 Å². The number of nitrogens with zero attached hydrogens (tertiary/aromatic N) is 4. The van der Waals surface area contributed by atoms with Crippen molar-refractivity contribution >= 4 is 41.0 Å². The zero-order valence-corrected chi connectivity index (χ0v) is 26.2. The second-order valence-electron chi connectivity index (χ2n) is 11.6. The summed E-state index contributed by atoms with van der Waals surface area (Å²) in [6.45, 7) is 6.33. The van der Waals surface area contributed by atoms with Crippen LogP contribution in [0.4, 0.5) is 10.5 Å². The number of nitrogens with two attached hydrogens (primary N) is 1. The molecule has 1 aliphatic carbocycles. The first-order valence-electron chi connectivity index (χ1n) is 14.8. The van der Waals surface area contributed by atoms with Crippen LogP contribution in [0.3, 0.4) is 0 Å². The SMILES string of the molecule is CCN(CC)CC1(Sc2ccc([N+](=O)[O-])cc2)C(=O)C2=C(C(=O)C13OCCO3)[C@@H](COC(N)=O)[C@@]1(OC)[C@@H]3[C@H](CN21)N3C(C)=O. The third-order valence-corrected chi connectivity index (χ3v) is 11.1. The number of amides is 2. The van der Waals surface area contributed by atoms with Crippen LogP contribution in [0.1, 0.15) is 20.8 Å². The second-order valence-corrected chi connectivity index (χ2v) is 12.9. The molecular formula is C29H35N5O10S. The number of hydrogen-bond donors (Lipinski definition) is 1. The number of hydrogen-bond acceptors (Lipinski definition) is 13. The second kappa shape index (κ2) is 11.0. The molecule has 1 aromatic rings. The topological polar surface area (TPSA) is 184 Å². The molecule has 0 radical (unpaired) electrons. The summed E-state index contributed by atoms with van der Waals surface area (Å²) in [6.07, 6.45) is -1.07. The molecule has 3 saturated heterocycles. The predicted molar refractivity (Wildman–Crippen MR) is 157 cm³/mol. The van der Waals surface area contributed by atoms with E-state index in [2.05, 4.69) is 0 Å². The van der Waals surface area contributed by atoms with Crippen molar-refractivity contribution < 1.29 is 43.0 Å². The van der Waals surface area contributed by atoms with Crippen molar-refractivity contribution in [2.45, 2.75) is 54.0 Å². The van der Waals surface area contributed by atoms with Gasteiger partial charge < -0.3 is 39.4 Å². The largest absolute Gasteiger partial charge is 0.449 e. The Bertz CT molecular complexity index is 1490. The fourth-order valence-electron chi connectivity index (χ4n) is 7.69. The molecule has 4 aliphatic heterocycles. The average Bonchev–Trinajstić information content (AvgIpc) is 3.29. The van der Waals surface area contributed by atoms with Crippen molar-refractivity contribution in [1.82, 2.24) is 14.7 Å². The number of thioether (sulfide) groups is 1. The van der Waals surface area contributed by atoms with Crippen LogP contribution in [0.15, 0.2) is 40.4 Å². The van der Waals surface area contributed by atoms with Crippen molar-refractivity contribution in [3.8, 4) is 0 Å². The normalized spacial score (nSPS) is 31.0. The number of carbonyl (C=O) groups is 4. The number of benzene rings is 1. The Kier molecular flexibility index (Phi) is 7.71. The first-order valence-corrected chi connectivity index (χ1v) is 15.6. The zero-order chi connectivity index (χ0) is 32.5. The Morgan fingerprint density at radius 1 is 1.16 bits per heavy atom. The number of allylic oxidation sites excluding steroid dienone is 1. The molecule has 5 aliphatic rings. The van der Waals surface area contributed by atoms with Gasteiger partial charge in [0.05, 0.1) is 35.8 Å². The molecule has 2 amide bonds.